The molecular formula is C18H18N4O5. The monoisotopic (exact) mass is 370 g/mol. The number of amides is 3. The van der Waals surface area contributed by atoms with Gasteiger partial charge >= 0.3 is 11.8 Å². The van der Waals surface area contributed by atoms with E-state index in [-0.39, 0.29) is 5.69 Å². The van der Waals surface area contributed by atoms with Crippen LogP contribution in [0.2, 0.25) is 0 Å². The molecule has 0 spiro atoms. The third-order valence-electron chi connectivity index (χ3n) is 3.74. The lowest BCUT2D eigenvalue weighted by molar-refractivity contribution is -0.384. The Bertz CT molecular complexity index is 893. The van der Waals surface area contributed by atoms with Crippen LogP contribution in [0.15, 0.2) is 42.5 Å². The fourth-order valence-electron chi connectivity index (χ4n) is 2.12. The maximum absolute atomic E-state index is 11.9. The van der Waals surface area contributed by atoms with Crippen molar-refractivity contribution >= 4 is 34.8 Å². The lowest BCUT2D eigenvalue weighted by atomic mass is 10.1. The number of carbonyl (C=O) groups excluding carboxylic acids is 3. The maximum Gasteiger partial charge on any atom is 0.313 e. The molecule has 2 rings (SSSR count). The van der Waals surface area contributed by atoms with E-state index in [1.165, 1.54) is 24.3 Å². The highest BCUT2D eigenvalue weighted by atomic mass is 16.6. The van der Waals surface area contributed by atoms with Crippen LogP contribution >= 0.6 is 0 Å². The zero-order valence-electron chi connectivity index (χ0n) is 14.7. The number of hydrogen-bond donors (Lipinski definition) is 3. The van der Waals surface area contributed by atoms with Gasteiger partial charge in [-0.25, -0.2) is 0 Å². The first-order valence-corrected chi connectivity index (χ1v) is 7.97. The Kier molecular flexibility index (Phi) is 6.21. The first-order valence-electron chi connectivity index (χ1n) is 7.97. The molecule has 0 saturated heterocycles. The Morgan fingerprint density at radius 2 is 1.52 bits per heavy atom. The number of carbonyl (C=O) groups is 3. The van der Waals surface area contributed by atoms with Crippen LogP contribution in [0.1, 0.15) is 11.1 Å². The van der Waals surface area contributed by atoms with Gasteiger partial charge in [-0.2, -0.15) is 0 Å². The van der Waals surface area contributed by atoms with Gasteiger partial charge in [0.25, 0.3) is 5.69 Å². The van der Waals surface area contributed by atoms with Crippen molar-refractivity contribution in [2.45, 2.75) is 13.8 Å². The first-order chi connectivity index (χ1) is 12.8. The van der Waals surface area contributed by atoms with Crippen molar-refractivity contribution in [3.8, 4) is 0 Å². The molecule has 3 amide bonds. The molecule has 0 saturated carbocycles. The first kappa shape index (κ1) is 19.6. The van der Waals surface area contributed by atoms with Crippen LogP contribution in [0.3, 0.4) is 0 Å². The second-order valence-electron chi connectivity index (χ2n) is 5.79. The summed E-state index contributed by atoms with van der Waals surface area (Å²) in [6, 6.07) is 10.4. The topological polar surface area (TPSA) is 130 Å². The van der Waals surface area contributed by atoms with Crippen LogP contribution in [-0.2, 0) is 14.4 Å². The summed E-state index contributed by atoms with van der Waals surface area (Å²) in [6.45, 7) is 3.39. The van der Waals surface area contributed by atoms with Gasteiger partial charge in [-0.05, 0) is 49.2 Å². The quantitative estimate of drug-likeness (QED) is 0.420. The van der Waals surface area contributed by atoms with Crippen molar-refractivity contribution in [1.82, 2.24) is 5.32 Å². The number of nitrogens with one attached hydrogen (secondary N) is 3. The van der Waals surface area contributed by atoms with Crippen LogP contribution < -0.4 is 16.0 Å². The molecule has 140 valence electrons. The van der Waals surface area contributed by atoms with Crippen molar-refractivity contribution in [2.75, 3.05) is 17.2 Å². The molecule has 0 aliphatic rings. The lowest BCUT2D eigenvalue weighted by Crippen LogP contribution is -2.39. The van der Waals surface area contributed by atoms with Gasteiger partial charge in [0.15, 0.2) is 0 Å². The summed E-state index contributed by atoms with van der Waals surface area (Å²) in [4.78, 5) is 45.5. The third-order valence-corrected chi connectivity index (χ3v) is 3.74. The second-order valence-corrected chi connectivity index (χ2v) is 5.79. The van der Waals surface area contributed by atoms with Crippen molar-refractivity contribution in [3.63, 3.8) is 0 Å². The molecule has 0 bridgehead atoms. The van der Waals surface area contributed by atoms with E-state index in [0.29, 0.717) is 11.4 Å². The van der Waals surface area contributed by atoms with Gasteiger partial charge in [0, 0.05) is 23.5 Å². The summed E-state index contributed by atoms with van der Waals surface area (Å²) in [5, 5.41) is 17.7. The van der Waals surface area contributed by atoms with E-state index in [4.69, 9.17) is 0 Å². The molecule has 9 nitrogen and oxygen atoms in total. The SMILES string of the molecule is Cc1ccc(NC(=O)C(=O)NCC(=O)Nc2ccc([N+](=O)[O-])cc2)cc1C. The minimum absolute atomic E-state index is 0.107. The van der Waals surface area contributed by atoms with E-state index in [9.17, 15) is 24.5 Å². The molecule has 0 unspecified atom stereocenters. The predicted molar refractivity (Wildman–Crippen MR) is 99.3 cm³/mol. The molecule has 0 aliphatic heterocycles. The molecule has 0 heterocycles. The Morgan fingerprint density at radius 3 is 2.11 bits per heavy atom. The molecule has 2 aromatic rings. The number of benzene rings is 2. The molecular weight excluding hydrogens is 352 g/mol. The summed E-state index contributed by atoms with van der Waals surface area (Å²) < 4.78 is 0. The van der Waals surface area contributed by atoms with E-state index in [1.54, 1.807) is 12.1 Å². The number of aryl methyl sites for hydroxylation is 2. The van der Waals surface area contributed by atoms with Crippen LogP contribution in [0.25, 0.3) is 0 Å². The van der Waals surface area contributed by atoms with Gasteiger partial charge in [0.1, 0.15) is 0 Å². The molecule has 0 atom stereocenters. The molecule has 0 radical (unpaired) electrons. The largest absolute Gasteiger partial charge is 0.339 e. The number of rotatable bonds is 5. The van der Waals surface area contributed by atoms with Gasteiger partial charge in [-0.1, -0.05) is 6.07 Å². The summed E-state index contributed by atoms with van der Waals surface area (Å²) in [7, 11) is 0. The Labute approximate surface area is 154 Å². The second kappa shape index (κ2) is 8.56. The smallest absolute Gasteiger partial charge is 0.313 e. The van der Waals surface area contributed by atoms with E-state index >= 15 is 0 Å². The number of anilines is 2. The zero-order chi connectivity index (χ0) is 20.0. The number of nitrogens with zero attached hydrogens (tertiary/aromatic N) is 1. The van der Waals surface area contributed by atoms with Crippen LogP contribution in [0, 0.1) is 24.0 Å². The van der Waals surface area contributed by atoms with Crippen molar-refractivity contribution < 1.29 is 19.3 Å². The number of nitro benzene ring substituents is 1. The predicted octanol–water partition coefficient (Wildman–Crippen LogP) is 1.91. The minimum Gasteiger partial charge on any atom is -0.339 e. The average molecular weight is 370 g/mol. The Morgan fingerprint density at radius 1 is 0.889 bits per heavy atom. The van der Waals surface area contributed by atoms with E-state index < -0.39 is 29.2 Å². The molecule has 3 N–H and O–H groups in total. The lowest BCUT2D eigenvalue weighted by Gasteiger charge is -2.09. The molecule has 2 aromatic carbocycles. The molecule has 0 aliphatic carbocycles. The van der Waals surface area contributed by atoms with Crippen LogP contribution in [-0.4, -0.2) is 29.2 Å². The van der Waals surface area contributed by atoms with Crippen molar-refractivity contribution in [3.05, 3.63) is 63.7 Å². The highest BCUT2D eigenvalue weighted by Gasteiger charge is 2.15. The maximum atomic E-state index is 11.9. The highest BCUT2D eigenvalue weighted by Crippen LogP contribution is 2.15. The van der Waals surface area contributed by atoms with Crippen molar-refractivity contribution in [2.24, 2.45) is 0 Å². The van der Waals surface area contributed by atoms with Gasteiger partial charge in [-0.15, -0.1) is 0 Å². The number of hydrogen-bond acceptors (Lipinski definition) is 5. The average Bonchev–Trinajstić information content (AvgIpc) is 2.63. The molecule has 9 heteroatoms. The summed E-state index contributed by atoms with van der Waals surface area (Å²) in [6.07, 6.45) is 0. The molecule has 0 fully saturated rings. The van der Waals surface area contributed by atoms with E-state index in [2.05, 4.69) is 16.0 Å². The molecule has 27 heavy (non-hydrogen) atoms. The standard InChI is InChI=1S/C18H18N4O5/c1-11-3-4-14(9-12(11)2)21-18(25)17(24)19-10-16(23)20-13-5-7-15(8-6-13)22(26)27/h3-9H,10H2,1-2H3,(H,19,24)(H,20,23)(H,21,25). The third kappa shape index (κ3) is 5.63. The van der Waals surface area contributed by atoms with Crippen molar-refractivity contribution in [1.29, 1.82) is 0 Å². The number of nitro groups is 1. The Balaban J connectivity index is 1.82. The van der Waals surface area contributed by atoms with Crippen LogP contribution in [0.4, 0.5) is 17.1 Å². The summed E-state index contributed by atoms with van der Waals surface area (Å²) in [5.41, 5.74) is 2.73. The summed E-state index contributed by atoms with van der Waals surface area (Å²) in [5.74, 6) is -2.41. The normalized spacial score (nSPS) is 10.0. The summed E-state index contributed by atoms with van der Waals surface area (Å²) >= 11 is 0. The Hall–Kier alpha value is -3.75. The highest BCUT2D eigenvalue weighted by molar-refractivity contribution is 6.39. The fraction of sp³-hybridized carbons (Fsp3) is 0.167. The zero-order valence-corrected chi connectivity index (χ0v) is 14.7. The minimum atomic E-state index is -0.952. The van der Waals surface area contributed by atoms with Gasteiger partial charge in [0.05, 0.1) is 11.5 Å². The molecule has 0 aromatic heterocycles. The van der Waals surface area contributed by atoms with Gasteiger partial charge < -0.3 is 16.0 Å². The van der Waals surface area contributed by atoms with Gasteiger partial charge in [0.2, 0.25) is 5.91 Å². The van der Waals surface area contributed by atoms with E-state index in [1.807, 2.05) is 19.9 Å². The van der Waals surface area contributed by atoms with Crippen LogP contribution in [0.5, 0.6) is 0 Å². The van der Waals surface area contributed by atoms with Gasteiger partial charge in [-0.3, -0.25) is 24.5 Å². The van der Waals surface area contributed by atoms with E-state index in [0.717, 1.165) is 11.1 Å². The number of non-ortho nitro benzene ring substituents is 1. The fourth-order valence-corrected chi connectivity index (χ4v) is 2.12.